The Balaban J connectivity index is 2.19. The van der Waals surface area contributed by atoms with Gasteiger partial charge in [0.05, 0.1) is 23.7 Å². The third kappa shape index (κ3) is 3.69. The highest BCUT2D eigenvalue weighted by Gasteiger charge is 2.08. The van der Waals surface area contributed by atoms with Crippen LogP contribution in [0.4, 0.5) is 0 Å². The number of methoxy groups -OCH3 is 1. The molecule has 0 saturated carbocycles. The first-order valence-corrected chi connectivity index (χ1v) is 8.25. The van der Waals surface area contributed by atoms with Gasteiger partial charge in [-0.05, 0) is 35.9 Å². The van der Waals surface area contributed by atoms with Crippen LogP contribution < -0.4 is 10.5 Å². The summed E-state index contributed by atoms with van der Waals surface area (Å²) in [6.07, 6.45) is 0. The summed E-state index contributed by atoms with van der Waals surface area (Å²) in [5, 5.41) is 0. The molecule has 2 aromatic carbocycles. The van der Waals surface area contributed by atoms with Gasteiger partial charge < -0.3 is 10.5 Å². The van der Waals surface area contributed by atoms with E-state index in [4.69, 9.17) is 10.5 Å². The minimum Gasteiger partial charge on any atom is -0.496 e. The fourth-order valence-electron chi connectivity index (χ4n) is 1.92. The standard InChI is InChI=1S/C15H16BrNO2S/c1-19-15-6-5-11(7-12(15)9-17)10-20(18)14-4-2-3-13(16)8-14/h2-8H,9-10,17H2,1H3. The van der Waals surface area contributed by atoms with Crippen LogP contribution >= 0.6 is 15.9 Å². The molecule has 106 valence electrons. The number of halogens is 1. The zero-order chi connectivity index (χ0) is 14.5. The zero-order valence-electron chi connectivity index (χ0n) is 11.1. The molecule has 3 nitrogen and oxygen atoms in total. The number of nitrogens with two attached hydrogens (primary N) is 1. The van der Waals surface area contributed by atoms with Crippen LogP contribution in [0, 0.1) is 0 Å². The Bertz CT molecular complexity index is 631. The van der Waals surface area contributed by atoms with E-state index in [2.05, 4.69) is 15.9 Å². The fourth-order valence-corrected chi connectivity index (χ4v) is 3.61. The highest BCUT2D eigenvalue weighted by atomic mass is 79.9. The van der Waals surface area contributed by atoms with Crippen LogP contribution in [0.5, 0.6) is 5.75 Å². The molecule has 0 bridgehead atoms. The molecule has 0 radical (unpaired) electrons. The smallest absolute Gasteiger partial charge is 0.123 e. The summed E-state index contributed by atoms with van der Waals surface area (Å²) in [5.74, 6) is 1.23. The van der Waals surface area contributed by atoms with Crippen molar-refractivity contribution >= 4 is 26.7 Å². The van der Waals surface area contributed by atoms with Crippen molar-refractivity contribution in [1.29, 1.82) is 0 Å². The molecule has 2 rings (SSSR count). The molecule has 0 heterocycles. The number of ether oxygens (including phenoxy) is 1. The second-order valence-electron chi connectivity index (χ2n) is 4.30. The molecule has 0 aliphatic heterocycles. The van der Waals surface area contributed by atoms with Crippen LogP contribution in [0.3, 0.4) is 0 Å². The number of hydrogen-bond acceptors (Lipinski definition) is 3. The Morgan fingerprint density at radius 3 is 2.70 bits per heavy atom. The molecule has 5 heteroatoms. The minimum absolute atomic E-state index is 0.403. The van der Waals surface area contributed by atoms with Crippen LogP contribution in [-0.2, 0) is 23.1 Å². The third-order valence-electron chi connectivity index (χ3n) is 2.92. The van der Waals surface area contributed by atoms with Gasteiger partial charge in [0.25, 0.3) is 0 Å². The van der Waals surface area contributed by atoms with Gasteiger partial charge in [-0.2, -0.15) is 0 Å². The van der Waals surface area contributed by atoms with Gasteiger partial charge in [-0.3, -0.25) is 4.21 Å². The number of rotatable bonds is 5. The van der Waals surface area contributed by atoms with E-state index >= 15 is 0 Å². The molecule has 20 heavy (non-hydrogen) atoms. The van der Waals surface area contributed by atoms with Crippen LogP contribution in [0.1, 0.15) is 11.1 Å². The topological polar surface area (TPSA) is 52.3 Å². The molecule has 0 aliphatic rings. The Kier molecular flexibility index (Phi) is 5.34. The normalized spacial score (nSPS) is 12.2. The van der Waals surface area contributed by atoms with Crippen LogP contribution in [-0.4, -0.2) is 11.3 Å². The summed E-state index contributed by atoms with van der Waals surface area (Å²) in [7, 11) is 0.544. The zero-order valence-corrected chi connectivity index (χ0v) is 13.5. The molecule has 2 N–H and O–H groups in total. The van der Waals surface area contributed by atoms with Crippen molar-refractivity contribution < 1.29 is 8.95 Å². The number of hydrogen-bond donors (Lipinski definition) is 1. The fraction of sp³-hybridized carbons (Fsp3) is 0.200. The van der Waals surface area contributed by atoms with E-state index in [0.29, 0.717) is 12.3 Å². The molecular formula is C15H16BrNO2S. The average Bonchev–Trinajstić information content (AvgIpc) is 2.47. The highest BCUT2D eigenvalue weighted by molar-refractivity contribution is 9.10. The maximum Gasteiger partial charge on any atom is 0.123 e. The quantitative estimate of drug-likeness (QED) is 0.897. The highest BCUT2D eigenvalue weighted by Crippen LogP contribution is 2.22. The van der Waals surface area contributed by atoms with Gasteiger partial charge in [-0.15, -0.1) is 0 Å². The van der Waals surface area contributed by atoms with Gasteiger partial charge >= 0.3 is 0 Å². The van der Waals surface area contributed by atoms with E-state index < -0.39 is 10.8 Å². The van der Waals surface area contributed by atoms with Gasteiger partial charge in [0.15, 0.2) is 0 Å². The summed E-state index contributed by atoms with van der Waals surface area (Å²) in [6, 6.07) is 13.3. The first-order chi connectivity index (χ1) is 9.63. The minimum atomic E-state index is -1.08. The van der Waals surface area contributed by atoms with E-state index in [0.717, 1.165) is 26.2 Å². The Hall–Kier alpha value is -1.17. The van der Waals surface area contributed by atoms with Crippen molar-refractivity contribution in [2.75, 3.05) is 7.11 Å². The third-order valence-corrected chi connectivity index (χ3v) is 4.79. The molecule has 0 aromatic heterocycles. The first-order valence-electron chi connectivity index (χ1n) is 6.14. The molecular weight excluding hydrogens is 338 g/mol. The molecule has 0 aliphatic carbocycles. The summed E-state index contributed by atoms with van der Waals surface area (Å²) in [5.41, 5.74) is 7.61. The van der Waals surface area contributed by atoms with Gasteiger partial charge in [-0.25, -0.2) is 0 Å². The maximum absolute atomic E-state index is 12.3. The lowest BCUT2D eigenvalue weighted by Crippen LogP contribution is -2.02. The molecule has 2 aromatic rings. The van der Waals surface area contributed by atoms with E-state index in [1.165, 1.54) is 0 Å². The summed E-state index contributed by atoms with van der Waals surface area (Å²) in [6.45, 7) is 0.403. The second-order valence-corrected chi connectivity index (χ2v) is 6.66. The van der Waals surface area contributed by atoms with Crippen molar-refractivity contribution in [3.05, 3.63) is 58.1 Å². The lowest BCUT2D eigenvalue weighted by atomic mass is 10.1. The molecule has 0 amide bonds. The van der Waals surface area contributed by atoms with Gasteiger partial charge in [0.1, 0.15) is 5.75 Å². The first kappa shape index (κ1) is 15.2. The van der Waals surface area contributed by atoms with Crippen molar-refractivity contribution in [1.82, 2.24) is 0 Å². The van der Waals surface area contributed by atoms with Crippen LogP contribution in [0.2, 0.25) is 0 Å². The molecule has 0 fully saturated rings. The summed E-state index contributed by atoms with van der Waals surface area (Å²) >= 11 is 3.39. The van der Waals surface area contributed by atoms with E-state index in [-0.39, 0.29) is 0 Å². The number of benzene rings is 2. The molecule has 0 spiro atoms. The Morgan fingerprint density at radius 2 is 2.05 bits per heavy atom. The van der Waals surface area contributed by atoms with Crippen LogP contribution in [0.25, 0.3) is 0 Å². The Morgan fingerprint density at radius 1 is 1.25 bits per heavy atom. The SMILES string of the molecule is COc1ccc(CS(=O)c2cccc(Br)c2)cc1CN. The predicted molar refractivity (Wildman–Crippen MR) is 85.1 cm³/mol. The summed E-state index contributed by atoms with van der Waals surface area (Å²) < 4.78 is 18.5. The largest absolute Gasteiger partial charge is 0.496 e. The van der Waals surface area contributed by atoms with Crippen molar-refractivity contribution in [2.45, 2.75) is 17.2 Å². The van der Waals surface area contributed by atoms with Crippen molar-refractivity contribution in [3.8, 4) is 5.75 Å². The Labute approximate surface area is 129 Å². The van der Waals surface area contributed by atoms with Crippen molar-refractivity contribution in [2.24, 2.45) is 5.73 Å². The second kappa shape index (κ2) is 7.02. The van der Waals surface area contributed by atoms with Gasteiger partial charge in [-0.1, -0.05) is 28.1 Å². The van der Waals surface area contributed by atoms with E-state index in [9.17, 15) is 4.21 Å². The van der Waals surface area contributed by atoms with E-state index in [1.807, 2.05) is 42.5 Å². The van der Waals surface area contributed by atoms with Crippen molar-refractivity contribution in [3.63, 3.8) is 0 Å². The van der Waals surface area contributed by atoms with Crippen LogP contribution in [0.15, 0.2) is 51.8 Å². The van der Waals surface area contributed by atoms with E-state index in [1.54, 1.807) is 7.11 Å². The predicted octanol–water partition coefficient (Wildman–Crippen LogP) is 3.22. The van der Waals surface area contributed by atoms with Gasteiger partial charge in [0, 0.05) is 21.5 Å². The van der Waals surface area contributed by atoms with Gasteiger partial charge in [0.2, 0.25) is 0 Å². The monoisotopic (exact) mass is 353 g/mol. The summed E-state index contributed by atoms with van der Waals surface area (Å²) in [4.78, 5) is 0.810. The molecule has 0 saturated heterocycles. The lowest BCUT2D eigenvalue weighted by Gasteiger charge is -2.09. The average molecular weight is 354 g/mol. The maximum atomic E-state index is 12.3. The molecule has 1 unspecified atom stereocenters. The molecule has 1 atom stereocenters. The lowest BCUT2D eigenvalue weighted by molar-refractivity contribution is 0.409.